The molecule has 15 heavy (non-hydrogen) atoms. The van der Waals surface area contributed by atoms with E-state index in [4.69, 9.17) is 4.74 Å². The summed E-state index contributed by atoms with van der Waals surface area (Å²) in [5, 5.41) is 2.28. The summed E-state index contributed by atoms with van der Waals surface area (Å²) in [6.07, 6.45) is 0.825. The summed E-state index contributed by atoms with van der Waals surface area (Å²) in [5.74, 6) is -0.193. The first-order valence-corrected chi connectivity index (χ1v) is 5.03. The Labute approximate surface area is 87.5 Å². The lowest BCUT2D eigenvalue weighted by Gasteiger charge is -2.16. The summed E-state index contributed by atoms with van der Waals surface area (Å²) in [5.41, 5.74) is 1.82. The Morgan fingerprint density at radius 2 is 1.80 bits per heavy atom. The van der Waals surface area contributed by atoms with Crippen LogP contribution in [-0.2, 0) is 11.2 Å². The van der Waals surface area contributed by atoms with Gasteiger partial charge in [0.05, 0.1) is 12.2 Å². The minimum Gasteiger partial charge on any atom is -0.462 e. The monoisotopic (exact) mass is 198 g/mol. The van der Waals surface area contributed by atoms with Crippen LogP contribution in [-0.4, -0.2) is 12.6 Å². The third-order valence-corrected chi connectivity index (χ3v) is 2.80. The number of cyclic esters (lactones) is 1. The average Bonchev–Trinajstić information content (AvgIpc) is 2.27. The van der Waals surface area contributed by atoms with E-state index in [9.17, 15) is 4.79 Å². The molecule has 0 aliphatic carbocycles. The van der Waals surface area contributed by atoms with Crippen molar-refractivity contribution >= 4 is 16.7 Å². The molecule has 0 N–H and O–H groups in total. The van der Waals surface area contributed by atoms with Crippen LogP contribution in [0.25, 0.3) is 10.8 Å². The van der Waals surface area contributed by atoms with E-state index in [0.29, 0.717) is 6.61 Å². The standard InChI is InChI=1S/C13H10O2/c14-13-12-8-10-4-2-1-3-9(10)7-11(12)5-6-15-13/h1-4,7-8H,5-6H2. The molecule has 0 atom stereocenters. The van der Waals surface area contributed by atoms with Crippen LogP contribution in [0, 0.1) is 0 Å². The molecule has 0 aromatic heterocycles. The molecule has 2 heteroatoms. The van der Waals surface area contributed by atoms with Gasteiger partial charge in [-0.3, -0.25) is 0 Å². The Hall–Kier alpha value is -1.83. The van der Waals surface area contributed by atoms with Gasteiger partial charge >= 0.3 is 5.97 Å². The third-order valence-electron chi connectivity index (χ3n) is 2.80. The Morgan fingerprint density at radius 3 is 2.60 bits per heavy atom. The van der Waals surface area contributed by atoms with Gasteiger partial charge in [0.15, 0.2) is 0 Å². The second-order valence-corrected chi connectivity index (χ2v) is 3.74. The largest absolute Gasteiger partial charge is 0.462 e. The zero-order valence-corrected chi connectivity index (χ0v) is 8.19. The molecule has 1 aliphatic rings. The summed E-state index contributed by atoms with van der Waals surface area (Å²) in [6.45, 7) is 0.504. The van der Waals surface area contributed by atoms with Gasteiger partial charge in [-0.05, 0) is 22.4 Å². The van der Waals surface area contributed by atoms with Gasteiger partial charge in [0, 0.05) is 6.42 Å². The van der Waals surface area contributed by atoms with Crippen molar-refractivity contribution in [1.82, 2.24) is 0 Å². The van der Waals surface area contributed by atoms with Crippen LogP contribution in [0.3, 0.4) is 0 Å². The fourth-order valence-corrected chi connectivity index (χ4v) is 2.02. The molecule has 0 amide bonds. The number of hydrogen-bond donors (Lipinski definition) is 0. The number of fused-ring (bicyclic) bond motifs is 2. The molecule has 0 saturated heterocycles. The van der Waals surface area contributed by atoms with Gasteiger partial charge in [-0.25, -0.2) is 4.79 Å². The summed E-state index contributed by atoms with van der Waals surface area (Å²) >= 11 is 0. The van der Waals surface area contributed by atoms with Gasteiger partial charge in [-0.15, -0.1) is 0 Å². The Balaban J connectivity index is 2.32. The van der Waals surface area contributed by atoms with Crippen molar-refractivity contribution in [3.63, 3.8) is 0 Å². The lowest BCUT2D eigenvalue weighted by molar-refractivity contribution is 0.0480. The molecule has 2 nitrogen and oxygen atoms in total. The predicted molar refractivity (Wildman–Crippen MR) is 57.9 cm³/mol. The molecule has 74 valence electrons. The van der Waals surface area contributed by atoms with Gasteiger partial charge in [-0.2, -0.15) is 0 Å². The third kappa shape index (κ3) is 1.30. The molecule has 0 bridgehead atoms. The highest BCUT2D eigenvalue weighted by Crippen LogP contribution is 2.23. The Kier molecular flexibility index (Phi) is 1.75. The van der Waals surface area contributed by atoms with Gasteiger partial charge in [0.1, 0.15) is 0 Å². The lowest BCUT2D eigenvalue weighted by atomic mass is 9.98. The number of carbonyl (C=O) groups excluding carboxylic acids is 1. The van der Waals surface area contributed by atoms with Gasteiger partial charge < -0.3 is 4.74 Å². The highest BCUT2D eigenvalue weighted by molar-refractivity contribution is 5.97. The topological polar surface area (TPSA) is 26.3 Å². The molecular weight excluding hydrogens is 188 g/mol. The minimum atomic E-state index is -0.193. The van der Waals surface area contributed by atoms with Crippen LogP contribution in [0.4, 0.5) is 0 Å². The van der Waals surface area contributed by atoms with Gasteiger partial charge in [-0.1, -0.05) is 30.3 Å². The summed E-state index contributed by atoms with van der Waals surface area (Å²) in [4.78, 5) is 11.5. The maximum Gasteiger partial charge on any atom is 0.338 e. The van der Waals surface area contributed by atoms with Gasteiger partial charge in [0.25, 0.3) is 0 Å². The van der Waals surface area contributed by atoms with E-state index >= 15 is 0 Å². The van der Waals surface area contributed by atoms with E-state index in [1.807, 2.05) is 24.3 Å². The molecule has 0 unspecified atom stereocenters. The van der Waals surface area contributed by atoms with Crippen LogP contribution >= 0.6 is 0 Å². The second kappa shape index (κ2) is 3.09. The van der Waals surface area contributed by atoms with Crippen LogP contribution in [0.15, 0.2) is 36.4 Å². The summed E-state index contributed by atoms with van der Waals surface area (Å²) < 4.78 is 5.01. The van der Waals surface area contributed by atoms with Crippen LogP contribution in [0.5, 0.6) is 0 Å². The van der Waals surface area contributed by atoms with Crippen molar-refractivity contribution in [3.05, 3.63) is 47.5 Å². The number of benzene rings is 2. The number of rotatable bonds is 0. The highest BCUT2D eigenvalue weighted by atomic mass is 16.5. The van der Waals surface area contributed by atoms with Crippen molar-refractivity contribution in [2.75, 3.05) is 6.61 Å². The smallest absolute Gasteiger partial charge is 0.338 e. The predicted octanol–water partition coefficient (Wildman–Crippen LogP) is 2.55. The van der Waals surface area contributed by atoms with Crippen LogP contribution < -0.4 is 0 Å². The van der Waals surface area contributed by atoms with E-state index in [1.165, 1.54) is 5.39 Å². The first-order chi connectivity index (χ1) is 7.34. The maximum atomic E-state index is 11.5. The zero-order valence-electron chi connectivity index (χ0n) is 8.19. The molecule has 2 aromatic carbocycles. The normalized spacial score (nSPS) is 14.8. The Morgan fingerprint density at radius 1 is 1.07 bits per heavy atom. The van der Waals surface area contributed by atoms with Crippen molar-refractivity contribution in [2.24, 2.45) is 0 Å². The maximum absolute atomic E-state index is 11.5. The molecular formula is C13H10O2. The van der Waals surface area contributed by atoms with Crippen LogP contribution in [0.1, 0.15) is 15.9 Å². The average molecular weight is 198 g/mol. The number of carbonyl (C=O) groups is 1. The number of ether oxygens (including phenoxy) is 1. The van der Waals surface area contributed by atoms with E-state index in [0.717, 1.165) is 22.9 Å². The molecule has 1 heterocycles. The quantitative estimate of drug-likeness (QED) is 0.608. The molecule has 0 radical (unpaired) electrons. The van der Waals surface area contributed by atoms with E-state index in [1.54, 1.807) is 0 Å². The van der Waals surface area contributed by atoms with Crippen molar-refractivity contribution < 1.29 is 9.53 Å². The lowest BCUT2D eigenvalue weighted by Crippen LogP contribution is -2.17. The van der Waals surface area contributed by atoms with E-state index in [2.05, 4.69) is 12.1 Å². The van der Waals surface area contributed by atoms with Crippen molar-refractivity contribution in [3.8, 4) is 0 Å². The number of esters is 1. The van der Waals surface area contributed by atoms with Crippen molar-refractivity contribution in [1.29, 1.82) is 0 Å². The number of hydrogen-bond acceptors (Lipinski definition) is 2. The second-order valence-electron chi connectivity index (χ2n) is 3.74. The molecule has 0 saturated carbocycles. The highest BCUT2D eigenvalue weighted by Gasteiger charge is 2.18. The van der Waals surface area contributed by atoms with Gasteiger partial charge in [0.2, 0.25) is 0 Å². The first-order valence-electron chi connectivity index (χ1n) is 5.03. The zero-order chi connectivity index (χ0) is 10.3. The molecule has 3 rings (SSSR count). The summed E-state index contributed by atoms with van der Waals surface area (Å²) in [6, 6.07) is 12.1. The summed E-state index contributed by atoms with van der Waals surface area (Å²) in [7, 11) is 0. The Bertz CT molecular complexity index is 543. The van der Waals surface area contributed by atoms with E-state index in [-0.39, 0.29) is 5.97 Å². The first kappa shape index (κ1) is 8.48. The fraction of sp³-hybridized carbons (Fsp3) is 0.154. The minimum absolute atomic E-state index is 0.193. The fourth-order valence-electron chi connectivity index (χ4n) is 2.02. The van der Waals surface area contributed by atoms with Crippen molar-refractivity contribution in [2.45, 2.75) is 6.42 Å². The van der Waals surface area contributed by atoms with E-state index < -0.39 is 0 Å². The molecule has 2 aromatic rings. The SMILES string of the molecule is O=C1OCCc2cc3ccccc3cc21. The molecule has 1 aliphatic heterocycles. The van der Waals surface area contributed by atoms with Crippen LogP contribution in [0.2, 0.25) is 0 Å². The molecule has 0 fully saturated rings. The molecule has 0 spiro atoms.